The SMILES string of the molecule is COc1cc2c(cc1C(=O)N=[N+]=[N-])C(c1ccccc1[N+](=O)[O-])=NCC2. The van der Waals surface area contributed by atoms with Gasteiger partial charge in [0.2, 0.25) is 0 Å². The van der Waals surface area contributed by atoms with Gasteiger partial charge in [-0.3, -0.25) is 19.9 Å². The lowest BCUT2D eigenvalue weighted by Gasteiger charge is -2.19. The normalized spacial score (nSPS) is 12.4. The number of azide groups is 1. The van der Waals surface area contributed by atoms with Crippen LogP contribution in [-0.4, -0.2) is 30.2 Å². The number of nitro groups is 1. The molecule has 0 aromatic heterocycles. The fraction of sp³-hybridized carbons (Fsp3) is 0.176. The number of carbonyl (C=O) groups excluding carboxylic acids is 1. The number of ether oxygens (including phenoxy) is 1. The van der Waals surface area contributed by atoms with Crippen molar-refractivity contribution in [1.29, 1.82) is 0 Å². The third kappa shape index (κ3) is 2.99. The lowest BCUT2D eigenvalue weighted by atomic mass is 9.90. The molecule has 0 saturated carbocycles. The largest absolute Gasteiger partial charge is 0.496 e. The predicted molar refractivity (Wildman–Crippen MR) is 93.8 cm³/mol. The number of para-hydroxylation sites is 1. The van der Waals surface area contributed by atoms with Gasteiger partial charge < -0.3 is 4.74 Å². The molecule has 0 radical (unpaired) electrons. The van der Waals surface area contributed by atoms with E-state index >= 15 is 0 Å². The molecule has 130 valence electrons. The lowest BCUT2D eigenvalue weighted by molar-refractivity contribution is -0.385. The third-order valence-corrected chi connectivity index (χ3v) is 4.05. The highest BCUT2D eigenvalue weighted by atomic mass is 16.6. The minimum atomic E-state index is -0.792. The second-order valence-corrected chi connectivity index (χ2v) is 5.46. The van der Waals surface area contributed by atoms with Crippen LogP contribution in [0.25, 0.3) is 10.4 Å². The molecule has 9 nitrogen and oxygen atoms in total. The molecule has 0 unspecified atom stereocenters. The standard InChI is InChI=1S/C17H13N5O4/c1-26-15-8-10-6-7-19-16(11-4-2-3-5-14(11)22(24)25)12(10)9-13(15)17(23)20-21-18/h2-5,8-9H,6-7H2,1H3. The first-order chi connectivity index (χ1) is 12.6. The Morgan fingerprint density at radius 1 is 1.35 bits per heavy atom. The van der Waals surface area contributed by atoms with Gasteiger partial charge in [0.05, 0.1) is 28.9 Å². The van der Waals surface area contributed by atoms with Crippen molar-refractivity contribution >= 4 is 17.3 Å². The lowest BCUT2D eigenvalue weighted by Crippen LogP contribution is -2.17. The van der Waals surface area contributed by atoms with E-state index in [4.69, 9.17) is 10.3 Å². The Kier molecular flexibility index (Phi) is 4.64. The van der Waals surface area contributed by atoms with Gasteiger partial charge in [-0.2, -0.15) is 0 Å². The van der Waals surface area contributed by atoms with E-state index in [1.807, 2.05) is 0 Å². The molecule has 0 aliphatic carbocycles. The molecular formula is C17H13N5O4. The second kappa shape index (κ2) is 7.04. The maximum absolute atomic E-state index is 12.1. The molecule has 1 amide bonds. The zero-order chi connectivity index (χ0) is 18.7. The van der Waals surface area contributed by atoms with Crippen LogP contribution in [0.1, 0.15) is 27.0 Å². The molecule has 0 bridgehead atoms. The summed E-state index contributed by atoms with van der Waals surface area (Å²) in [7, 11) is 1.41. The number of benzene rings is 2. The Balaban J connectivity index is 2.22. The van der Waals surface area contributed by atoms with E-state index in [0.29, 0.717) is 29.8 Å². The maximum atomic E-state index is 12.1. The molecule has 1 aliphatic heterocycles. The molecule has 0 fully saturated rings. The predicted octanol–water partition coefficient (Wildman–Crippen LogP) is 3.45. The fourth-order valence-corrected chi connectivity index (χ4v) is 2.92. The maximum Gasteiger partial charge on any atom is 0.278 e. The summed E-state index contributed by atoms with van der Waals surface area (Å²) in [4.78, 5) is 29.9. The van der Waals surface area contributed by atoms with Crippen LogP contribution in [0.4, 0.5) is 5.69 Å². The van der Waals surface area contributed by atoms with Gasteiger partial charge >= 0.3 is 0 Å². The molecule has 1 heterocycles. The van der Waals surface area contributed by atoms with Crippen LogP contribution < -0.4 is 4.74 Å². The number of amides is 1. The van der Waals surface area contributed by atoms with Crippen molar-refractivity contribution in [1.82, 2.24) is 0 Å². The molecule has 0 atom stereocenters. The number of hydrogen-bond donors (Lipinski definition) is 0. The minimum absolute atomic E-state index is 0.0714. The number of nitrogens with zero attached hydrogens (tertiary/aromatic N) is 5. The molecule has 9 heteroatoms. The van der Waals surface area contributed by atoms with Crippen molar-refractivity contribution in [2.24, 2.45) is 10.1 Å². The number of rotatable bonds is 4. The van der Waals surface area contributed by atoms with E-state index in [1.165, 1.54) is 19.2 Å². The summed E-state index contributed by atoms with van der Waals surface area (Å²) < 4.78 is 5.23. The van der Waals surface area contributed by atoms with E-state index in [9.17, 15) is 14.9 Å². The van der Waals surface area contributed by atoms with Gasteiger partial charge in [-0.25, -0.2) is 0 Å². The number of hydrogen-bond acceptors (Lipinski definition) is 5. The van der Waals surface area contributed by atoms with Crippen LogP contribution >= 0.6 is 0 Å². The monoisotopic (exact) mass is 351 g/mol. The summed E-state index contributed by atoms with van der Waals surface area (Å²) >= 11 is 0. The van der Waals surface area contributed by atoms with Crippen molar-refractivity contribution in [2.75, 3.05) is 13.7 Å². The molecule has 3 rings (SSSR count). The van der Waals surface area contributed by atoms with Gasteiger partial charge in [0.1, 0.15) is 5.75 Å². The van der Waals surface area contributed by atoms with Crippen molar-refractivity contribution in [3.63, 3.8) is 0 Å². The Bertz CT molecular complexity index is 993. The van der Waals surface area contributed by atoms with Gasteiger partial charge in [-0.1, -0.05) is 12.1 Å². The van der Waals surface area contributed by atoms with E-state index in [-0.39, 0.29) is 17.0 Å². The van der Waals surface area contributed by atoms with E-state index in [2.05, 4.69) is 15.0 Å². The summed E-state index contributed by atoms with van der Waals surface area (Å²) in [5.74, 6) is -0.510. The van der Waals surface area contributed by atoms with Crippen molar-refractivity contribution < 1.29 is 14.5 Å². The minimum Gasteiger partial charge on any atom is -0.496 e. The highest BCUT2D eigenvalue weighted by molar-refractivity contribution is 6.17. The molecule has 1 aliphatic rings. The molecule has 0 spiro atoms. The average Bonchev–Trinajstić information content (AvgIpc) is 2.66. The third-order valence-electron chi connectivity index (χ3n) is 4.05. The van der Waals surface area contributed by atoms with Gasteiger partial charge in [-0.15, -0.1) is 0 Å². The van der Waals surface area contributed by atoms with Crippen molar-refractivity contribution in [3.8, 4) is 5.75 Å². The smallest absolute Gasteiger partial charge is 0.278 e. The Morgan fingerprint density at radius 3 is 2.81 bits per heavy atom. The topological polar surface area (TPSA) is 131 Å². The zero-order valence-electron chi connectivity index (χ0n) is 13.7. The number of fused-ring (bicyclic) bond motifs is 1. The second-order valence-electron chi connectivity index (χ2n) is 5.46. The fourth-order valence-electron chi connectivity index (χ4n) is 2.92. The van der Waals surface area contributed by atoms with Crippen LogP contribution in [0.5, 0.6) is 5.75 Å². The average molecular weight is 351 g/mol. The van der Waals surface area contributed by atoms with Crippen LogP contribution in [0.15, 0.2) is 46.5 Å². The summed E-state index contributed by atoms with van der Waals surface area (Å²) in [5.41, 5.74) is 10.8. The highest BCUT2D eigenvalue weighted by Crippen LogP contribution is 2.31. The van der Waals surface area contributed by atoms with Crippen LogP contribution in [0, 0.1) is 10.1 Å². The quantitative estimate of drug-likeness (QED) is 0.274. The first-order valence-electron chi connectivity index (χ1n) is 7.65. The Morgan fingerprint density at radius 2 is 2.12 bits per heavy atom. The summed E-state index contributed by atoms with van der Waals surface area (Å²) in [5, 5.41) is 14.5. The molecule has 2 aromatic rings. The van der Waals surface area contributed by atoms with Crippen LogP contribution in [-0.2, 0) is 6.42 Å². The Hall–Kier alpha value is -3.71. The van der Waals surface area contributed by atoms with Gasteiger partial charge in [0.25, 0.3) is 11.6 Å². The molecule has 2 aromatic carbocycles. The molecule has 0 N–H and O–H groups in total. The van der Waals surface area contributed by atoms with Gasteiger partial charge in [0, 0.05) is 23.1 Å². The van der Waals surface area contributed by atoms with E-state index in [1.54, 1.807) is 24.3 Å². The first-order valence-corrected chi connectivity index (χ1v) is 7.65. The van der Waals surface area contributed by atoms with Crippen LogP contribution in [0.2, 0.25) is 0 Å². The first kappa shape index (κ1) is 17.1. The number of methoxy groups -OCH3 is 1. The highest BCUT2D eigenvalue weighted by Gasteiger charge is 2.25. The van der Waals surface area contributed by atoms with Crippen LogP contribution in [0.3, 0.4) is 0 Å². The summed E-state index contributed by atoms with van der Waals surface area (Å²) in [6.45, 7) is 0.460. The number of aliphatic imine (C=N–C) groups is 1. The number of carbonyl (C=O) groups is 1. The Labute approximate surface area is 147 Å². The summed E-state index contributed by atoms with van der Waals surface area (Å²) in [6, 6.07) is 9.48. The molecular weight excluding hydrogens is 338 g/mol. The number of nitro benzene ring substituents is 1. The van der Waals surface area contributed by atoms with Crippen molar-refractivity contribution in [3.05, 3.63) is 79.2 Å². The zero-order valence-corrected chi connectivity index (χ0v) is 13.7. The molecule has 0 saturated heterocycles. The van der Waals surface area contributed by atoms with E-state index < -0.39 is 10.8 Å². The van der Waals surface area contributed by atoms with Gasteiger partial charge in [-0.05, 0) is 40.8 Å². The van der Waals surface area contributed by atoms with Gasteiger partial charge in [0.15, 0.2) is 0 Å². The van der Waals surface area contributed by atoms with Crippen molar-refractivity contribution in [2.45, 2.75) is 6.42 Å². The summed E-state index contributed by atoms with van der Waals surface area (Å²) in [6.07, 6.45) is 0.603. The molecule has 26 heavy (non-hydrogen) atoms. The van der Waals surface area contributed by atoms with E-state index in [0.717, 1.165) is 5.56 Å².